The lowest BCUT2D eigenvalue weighted by Gasteiger charge is -2.00. The van der Waals surface area contributed by atoms with Crippen molar-refractivity contribution in [3.8, 4) is 0 Å². The molecule has 0 aromatic carbocycles. The molecular weight excluding hydrogens is 265 g/mol. The molecule has 3 heteroatoms. The van der Waals surface area contributed by atoms with Crippen LogP contribution >= 0.6 is 22.6 Å². The average Bonchev–Trinajstić information content (AvgIpc) is 2.48. The standard InChI is InChI=1S/C9H8INO/c1-5-7-3-4-12-9(7)8(10)6(2)11-5/h3-4H,1-2H3. The Bertz CT molecular complexity index is 433. The van der Waals surface area contributed by atoms with Crippen LogP contribution in [0, 0.1) is 17.4 Å². The van der Waals surface area contributed by atoms with Gasteiger partial charge in [-0.1, -0.05) is 0 Å². The van der Waals surface area contributed by atoms with Gasteiger partial charge in [-0.3, -0.25) is 4.98 Å². The smallest absolute Gasteiger partial charge is 0.150 e. The molecule has 0 unspecified atom stereocenters. The van der Waals surface area contributed by atoms with Gasteiger partial charge in [0.2, 0.25) is 0 Å². The van der Waals surface area contributed by atoms with Crippen molar-refractivity contribution in [2.24, 2.45) is 0 Å². The Balaban J connectivity index is 2.97. The van der Waals surface area contributed by atoms with E-state index in [9.17, 15) is 0 Å². The van der Waals surface area contributed by atoms with E-state index < -0.39 is 0 Å². The van der Waals surface area contributed by atoms with Crippen molar-refractivity contribution in [2.45, 2.75) is 13.8 Å². The number of hydrogen-bond donors (Lipinski definition) is 0. The number of aryl methyl sites for hydroxylation is 2. The van der Waals surface area contributed by atoms with Crippen molar-refractivity contribution in [2.75, 3.05) is 0 Å². The molecule has 0 bridgehead atoms. The minimum absolute atomic E-state index is 0.959. The lowest BCUT2D eigenvalue weighted by Crippen LogP contribution is -1.90. The minimum atomic E-state index is 0.959. The average molecular weight is 273 g/mol. The highest BCUT2D eigenvalue weighted by Crippen LogP contribution is 2.25. The first-order valence-corrected chi connectivity index (χ1v) is 4.78. The van der Waals surface area contributed by atoms with E-state index in [4.69, 9.17) is 4.42 Å². The quantitative estimate of drug-likeness (QED) is 0.689. The normalized spacial score (nSPS) is 10.9. The number of pyridine rings is 1. The van der Waals surface area contributed by atoms with Gasteiger partial charge in [-0.25, -0.2) is 0 Å². The van der Waals surface area contributed by atoms with Crippen molar-refractivity contribution in [3.05, 3.63) is 27.3 Å². The van der Waals surface area contributed by atoms with Crippen molar-refractivity contribution in [3.63, 3.8) is 0 Å². The van der Waals surface area contributed by atoms with Gasteiger partial charge in [-0.05, 0) is 42.5 Å². The molecule has 0 aliphatic heterocycles. The molecular formula is C9H8INO. The van der Waals surface area contributed by atoms with Gasteiger partial charge in [0.05, 0.1) is 15.5 Å². The summed E-state index contributed by atoms with van der Waals surface area (Å²) in [5, 5.41) is 1.12. The second kappa shape index (κ2) is 2.73. The molecule has 0 aliphatic rings. The van der Waals surface area contributed by atoms with E-state index in [0.717, 1.165) is 25.9 Å². The molecule has 0 saturated carbocycles. The molecule has 12 heavy (non-hydrogen) atoms. The molecule has 0 amide bonds. The van der Waals surface area contributed by atoms with Crippen LogP contribution in [0.3, 0.4) is 0 Å². The van der Waals surface area contributed by atoms with Crippen molar-refractivity contribution in [1.82, 2.24) is 4.98 Å². The van der Waals surface area contributed by atoms with Gasteiger partial charge in [0.15, 0.2) is 5.58 Å². The predicted octanol–water partition coefficient (Wildman–Crippen LogP) is 3.05. The Morgan fingerprint density at radius 2 is 2.08 bits per heavy atom. The number of hydrogen-bond acceptors (Lipinski definition) is 2. The molecule has 0 spiro atoms. The maximum absolute atomic E-state index is 5.36. The van der Waals surface area contributed by atoms with Gasteiger partial charge in [0, 0.05) is 11.1 Å². The SMILES string of the molecule is Cc1nc(C)c2ccoc2c1I. The third-order valence-electron chi connectivity index (χ3n) is 1.91. The first-order valence-electron chi connectivity index (χ1n) is 3.70. The van der Waals surface area contributed by atoms with Crippen molar-refractivity contribution < 1.29 is 4.42 Å². The summed E-state index contributed by atoms with van der Waals surface area (Å²) in [6.45, 7) is 4.00. The van der Waals surface area contributed by atoms with E-state index in [1.807, 2.05) is 19.9 Å². The Morgan fingerprint density at radius 3 is 2.83 bits per heavy atom. The summed E-state index contributed by atoms with van der Waals surface area (Å²) >= 11 is 2.26. The summed E-state index contributed by atoms with van der Waals surface area (Å²) < 4.78 is 6.47. The molecule has 2 rings (SSSR count). The lowest BCUT2D eigenvalue weighted by molar-refractivity contribution is 0.612. The van der Waals surface area contributed by atoms with Gasteiger partial charge in [-0.2, -0.15) is 0 Å². The van der Waals surface area contributed by atoms with E-state index in [1.54, 1.807) is 6.26 Å². The summed E-state index contributed by atoms with van der Waals surface area (Å²) in [5.41, 5.74) is 3.04. The predicted molar refractivity (Wildman–Crippen MR) is 56.2 cm³/mol. The highest BCUT2D eigenvalue weighted by atomic mass is 127. The molecule has 2 aromatic heterocycles. The van der Waals surface area contributed by atoms with E-state index in [1.165, 1.54) is 0 Å². The molecule has 0 radical (unpaired) electrons. The van der Waals surface area contributed by atoms with E-state index in [2.05, 4.69) is 27.6 Å². The van der Waals surface area contributed by atoms with Gasteiger partial charge in [0.25, 0.3) is 0 Å². The summed E-state index contributed by atoms with van der Waals surface area (Å²) in [7, 11) is 0. The molecule has 2 heterocycles. The fourth-order valence-electron chi connectivity index (χ4n) is 1.29. The fourth-order valence-corrected chi connectivity index (χ4v) is 1.83. The topological polar surface area (TPSA) is 26.0 Å². The zero-order valence-electron chi connectivity index (χ0n) is 6.89. The number of rotatable bonds is 0. The zero-order chi connectivity index (χ0) is 8.72. The molecule has 0 atom stereocenters. The van der Waals surface area contributed by atoms with Crippen LogP contribution in [-0.4, -0.2) is 4.98 Å². The number of nitrogens with zero attached hydrogens (tertiary/aromatic N) is 1. The van der Waals surface area contributed by atoms with Gasteiger partial charge in [0.1, 0.15) is 0 Å². The van der Waals surface area contributed by atoms with E-state index in [0.29, 0.717) is 0 Å². The summed E-state index contributed by atoms with van der Waals surface area (Å²) in [6.07, 6.45) is 1.71. The van der Waals surface area contributed by atoms with Crippen LogP contribution in [0.25, 0.3) is 11.0 Å². The van der Waals surface area contributed by atoms with Gasteiger partial charge >= 0.3 is 0 Å². The minimum Gasteiger partial charge on any atom is -0.463 e. The Labute approximate surface area is 84.1 Å². The number of fused-ring (bicyclic) bond motifs is 1. The first-order chi connectivity index (χ1) is 5.70. The largest absolute Gasteiger partial charge is 0.463 e. The highest BCUT2D eigenvalue weighted by molar-refractivity contribution is 14.1. The molecule has 0 aliphatic carbocycles. The number of furan rings is 1. The van der Waals surface area contributed by atoms with E-state index in [-0.39, 0.29) is 0 Å². The first kappa shape index (κ1) is 8.04. The van der Waals surface area contributed by atoms with Crippen LogP contribution in [0.2, 0.25) is 0 Å². The fraction of sp³-hybridized carbons (Fsp3) is 0.222. The Kier molecular flexibility index (Phi) is 1.83. The molecule has 0 fully saturated rings. The lowest BCUT2D eigenvalue weighted by atomic mass is 10.2. The maximum atomic E-state index is 5.36. The van der Waals surface area contributed by atoms with Gasteiger partial charge in [-0.15, -0.1) is 0 Å². The monoisotopic (exact) mass is 273 g/mol. The highest BCUT2D eigenvalue weighted by Gasteiger charge is 2.08. The van der Waals surface area contributed by atoms with Crippen molar-refractivity contribution >= 4 is 33.6 Å². The van der Waals surface area contributed by atoms with Crippen LogP contribution in [0.5, 0.6) is 0 Å². The summed E-state index contributed by atoms with van der Waals surface area (Å²) in [4.78, 5) is 4.41. The number of halogens is 1. The zero-order valence-corrected chi connectivity index (χ0v) is 9.05. The Hall–Kier alpha value is -0.580. The third kappa shape index (κ3) is 1.03. The molecule has 0 N–H and O–H groups in total. The van der Waals surface area contributed by atoms with Crippen LogP contribution in [-0.2, 0) is 0 Å². The molecule has 62 valence electrons. The second-order valence-electron chi connectivity index (χ2n) is 2.76. The molecule has 2 nitrogen and oxygen atoms in total. The van der Waals surface area contributed by atoms with Crippen LogP contribution in [0.15, 0.2) is 16.7 Å². The van der Waals surface area contributed by atoms with Gasteiger partial charge < -0.3 is 4.42 Å². The second-order valence-corrected chi connectivity index (χ2v) is 3.84. The van der Waals surface area contributed by atoms with E-state index >= 15 is 0 Å². The van der Waals surface area contributed by atoms with Crippen LogP contribution in [0.1, 0.15) is 11.4 Å². The molecule has 0 saturated heterocycles. The number of aromatic nitrogens is 1. The summed E-state index contributed by atoms with van der Waals surface area (Å²) in [6, 6.07) is 1.96. The Morgan fingerprint density at radius 1 is 1.33 bits per heavy atom. The van der Waals surface area contributed by atoms with Crippen LogP contribution in [0.4, 0.5) is 0 Å². The van der Waals surface area contributed by atoms with Crippen LogP contribution < -0.4 is 0 Å². The third-order valence-corrected chi connectivity index (χ3v) is 3.18. The summed E-state index contributed by atoms with van der Waals surface area (Å²) in [5.74, 6) is 0. The maximum Gasteiger partial charge on any atom is 0.150 e. The molecule has 2 aromatic rings. The van der Waals surface area contributed by atoms with Crippen molar-refractivity contribution in [1.29, 1.82) is 0 Å².